The van der Waals surface area contributed by atoms with Crippen LogP contribution in [0, 0.1) is 0 Å². The second-order valence-corrected chi connectivity index (χ2v) is 5.31. The van der Waals surface area contributed by atoms with Gasteiger partial charge in [-0.05, 0) is 37.1 Å². The molecule has 1 aliphatic heterocycles. The smallest absolute Gasteiger partial charge is 0.137 e. The van der Waals surface area contributed by atoms with Crippen LogP contribution in [0.3, 0.4) is 0 Å². The highest BCUT2D eigenvalue weighted by atomic mass is 32.2. The lowest BCUT2D eigenvalue weighted by Gasteiger charge is -2.18. The fourth-order valence-electron chi connectivity index (χ4n) is 1.96. The maximum atomic E-state index is 6.25. The normalized spacial score (nSPS) is 22.0. The molecular formula is C12H18N2OS. The van der Waals surface area contributed by atoms with Crippen molar-refractivity contribution < 1.29 is 4.74 Å². The highest BCUT2D eigenvalue weighted by molar-refractivity contribution is 8.00. The van der Waals surface area contributed by atoms with Crippen LogP contribution in [-0.2, 0) is 0 Å². The van der Waals surface area contributed by atoms with Crippen molar-refractivity contribution in [3.63, 3.8) is 0 Å². The molecule has 2 atom stereocenters. The molecular weight excluding hydrogens is 220 g/mol. The topological polar surface area (TPSA) is 48.1 Å². The number of ether oxygens (including phenoxy) is 1. The van der Waals surface area contributed by atoms with Gasteiger partial charge in [0.1, 0.15) is 5.75 Å². The van der Waals surface area contributed by atoms with Gasteiger partial charge in [-0.1, -0.05) is 0 Å². The van der Waals surface area contributed by atoms with Crippen LogP contribution in [0.1, 0.15) is 31.4 Å². The summed E-state index contributed by atoms with van der Waals surface area (Å²) in [7, 11) is 0. The number of nitrogens with two attached hydrogens (primary N) is 1. The van der Waals surface area contributed by atoms with Gasteiger partial charge in [-0.3, -0.25) is 4.98 Å². The third kappa shape index (κ3) is 2.68. The molecule has 3 nitrogen and oxygen atoms in total. The fourth-order valence-corrected chi connectivity index (χ4v) is 3.30. The van der Waals surface area contributed by atoms with E-state index in [2.05, 4.69) is 4.98 Å². The summed E-state index contributed by atoms with van der Waals surface area (Å²) in [6.07, 6.45) is 6.08. The van der Waals surface area contributed by atoms with Crippen LogP contribution in [0.4, 0.5) is 0 Å². The number of rotatable bonds is 4. The third-order valence-corrected chi connectivity index (χ3v) is 4.28. The van der Waals surface area contributed by atoms with Crippen molar-refractivity contribution >= 4 is 11.8 Å². The van der Waals surface area contributed by atoms with Gasteiger partial charge >= 0.3 is 0 Å². The Morgan fingerprint density at radius 2 is 2.50 bits per heavy atom. The molecule has 0 aliphatic carbocycles. The van der Waals surface area contributed by atoms with Gasteiger partial charge < -0.3 is 10.5 Å². The first-order valence-electron chi connectivity index (χ1n) is 5.76. The molecule has 2 N–H and O–H groups in total. The Morgan fingerprint density at radius 1 is 1.62 bits per heavy atom. The number of hydrogen-bond donors (Lipinski definition) is 1. The Kier molecular flexibility index (Phi) is 4.07. The molecule has 2 unspecified atom stereocenters. The Hall–Kier alpha value is -0.740. The lowest BCUT2D eigenvalue weighted by molar-refractivity contribution is 0.338. The minimum absolute atomic E-state index is 0.0837. The molecule has 88 valence electrons. The standard InChI is InChI=1S/C12H18N2OS/c1-2-15-10-6-9(7-14-8-10)12(13)11-4-3-5-16-11/h6-8,11-12H,2-5,13H2,1H3. The SMILES string of the molecule is CCOc1cncc(C(N)C2CCCS2)c1. The van der Waals surface area contributed by atoms with Crippen molar-refractivity contribution in [1.29, 1.82) is 0 Å². The van der Waals surface area contributed by atoms with E-state index in [-0.39, 0.29) is 6.04 Å². The zero-order valence-corrected chi connectivity index (χ0v) is 10.4. The zero-order valence-electron chi connectivity index (χ0n) is 9.56. The molecule has 1 fully saturated rings. The molecule has 0 aromatic carbocycles. The molecule has 1 saturated heterocycles. The van der Waals surface area contributed by atoms with Crippen LogP contribution in [0.25, 0.3) is 0 Å². The van der Waals surface area contributed by atoms with Crippen molar-refractivity contribution in [3.8, 4) is 5.75 Å². The average molecular weight is 238 g/mol. The maximum Gasteiger partial charge on any atom is 0.137 e. The van der Waals surface area contributed by atoms with Crippen molar-refractivity contribution in [2.24, 2.45) is 5.73 Å². The third-order valence-electron chi connectivity index (χ3n) is 2.80. The van der Waals surface area contributed by atoms with Gasteiger partial charge in [0.05, 0.1) is 12.8 Å². The number of aromatic nitrogens is 1. The molecule has 0 saturated carbocycles. The molecule has 0 radical (unpaired) electrons. The molecule has 16 heavy (non-hydrogen) atoms. The number of pyridine rings is 1. The van der Waals surface area contributed by atoms with Crippen LogP contribution < -0.4 is 10.5 Å². The highest BCUT2D eigenvalue weighted by Crippen LogP contribution is 2.34. The molecule has 4 heteroatoms. The number of nitrogens with zero attached hydrogens (tertiary/aromatic N) is 1. The summed E-state index contributed by atoms with van der Waals surface area (Å²) in [5.74, 6) is 2.05. The Bertz CT molecular complexity index is 340. The first kappa shape index (κ1) is 11.7. The molecule has 1 aromatic heterocycles. The van der Waals surface area contributed by atoms with E-state index in [1.54, 1.807) is 6.20 Å². The van der Waals surface area contributed by atoms with Crippen LogP contribution in [0.2, 0.25) is 0 Å². The number of hydrogen-bond acceptors (Lipinski definition) is 4. The van der Waals surface area contributed by atoms with Crippen molar-refractivity contribution in [3.05, 3.63) is 24.0 Å². The summed E-state index contributed by atoms with van der Waals surface area (Å²) in [6, 6.07) is 2.10. The summed E-state index contributed by atoms with van der Waals surface area (Å²) >= 11 is 1.97. The van der Waals surface area contributed by atoms with Crippen molar-refractivity contribution in [1.82, 2.24) is 4.98 Å². The maximum absolute atomic E-state index is 6.25. The predicted octanol–water partition coefficient (Wildman–Crippen LogP) is 2.38. The zero-order chi connectivity index (χ0) is 11.4. The van der Waals surface area contributed by atoms with E-state index in [9.17, 15) is 0 Å². The fraction of sp³-hybridized carbons (Fsp3) is 0.583. The van der Waals surface area contributed by atoms with Crippen molar-refractivity contribution in [2.75, 3.05) is 12.4 Å². The Balaban J connectivity index is 2.09. The molecule has 2 heterocycles. The van der Waals surface area contributed by atoms with Crippen LogP contribution in [0.5, 0.6) is 5.75 Å². The van der Waals surface area contributed by atoms with Gasteiger partial charge in [0.15, 0.2) is 0 Å². The van der Waals surface area contributed by atoms with Crippen molar-refractivity contribution in [2.45, 2.75) is 31.1 Å². The van der Waals surface area contributed by atoms with E-state index in [1.807, 2.05) is 30.9 Å². The predicted molar refractivity (Wildman–Crippen MR) is 67.8 cm³/mol. The molecule has 0 spiro atoms. The van der Waals surface area contributed by atoms with Gasteiger partial charge in [0.25, 0.3) is 0 Å². The monoisotopic (exact) mass is 238 g/mol. The Morgan fingerprint density at radius 3 is 3.19 bits per heavy atom. The second kappa shape index (κ2) is 5.55. The summed E-state index contributed by atoms with van der Waals surface area (Å²) in [6.45, 7) is 2.64. The molecule has 2 rings (SSSR count). The lowest BCUT2D eigenvalue weighted by atomic mass is 10.0. The first-order chi connectivity index (χ1) is 7.81. The quantitative estimate of drug-likeness (QED) is 0.875. The van der Waals surface area contributed by atoms with E-state index in [0.717, 1.165) is 11.3 Å². The van der Waals surface area contributed by atoms with Gasteiger partial charge in [0, 0.05) is 17.5 Å². The molecule has 1 aromatic rings. The van der Waals surface area contributed by atoms with E-state index in [1.165, 1.54) is 18.6 Å². The molecule has 1 aliphatic rings. The molecule has 0 bridgehead atoms. The van der Waals surface area contributed by atoms with Gasteiger partial charge in [0.2, 0.25) is 0 Å². The van der Waals surface area contributed by atoms with Crippen LogP contribution >= 0.6 is 11.8 Å². The Labute approximate surface area is 101 Å². The van der Waals surface area contributed by atoms with Crippen LogP contribution in [0.15, 0.2) is 18.5 Å². The second-order valence-electron chi connectivity index (χ2n) is 3.96. The highest BCUT2D eigenvalue weighted by Gasteiger charge is 2.24. The van der Waals surface area contributed by atoms with E-state index in [0.29, 0.717) is 11.9 Å². The molecule has 0 amide bonds. The van der Waals surface area contributed by atoms with Crippen LogP contribution in [-0.4, -0.2) is 22.6 Å². The van der Waals surface area contributed by atoms with Gasteiger partial charge in [-0.25, -0.2) is 0 Å². The summed E-state index contributed by atoms with van der Waals surface area (Å²) < 4.78 is 5.43. The van der Waals surface area contributed by atoms with Gasteiger partial charge in [-0.2, -0.15) is 11.8 Å². The number of thioether (sulfide) groups is 1. The summed E-state index contributed by atoms with van der Waals surface area (Å²) in [5.41, 5.74) is 7.34. The minimum Gasteiger partial charge on any atom is -0.492 e. The largest absolute Gasteiger partial charge is 0.492 e. The van der Waals surface area contributed by atoms with E-state index in [4.69, 9.17) is 10.5 Å². The van der Waals surface area contributed by atoms with E-state index < -0.39 is 0 Å². The minimum atomic E-state index is 0.0837. The first-order valence-corrected chi connectivity index (χ1v) is 6.81. The van der Waals surface area contributed by atoms with Gasteiger partial charge in [-0.15, -0.1) is 0 Å². The van der Waals surface area contributed by atoms with E-state index >= 15 is 0 Å². The summed E-state index contributed by atoms with van der Waals surface area (Å²) in [5, 5.41) is 0.540. The summed E-state index contributed by atoms with van der Waals surface area (Å²) in [4.78, 5) is 4.18. The lowest BCUT2D eigenvalue weighted by Crippen LogP contribution is -2.21. The average Bonchev–Trinajstić information content (AvgIpc) is 2.82.